The molecular formula is C12H19N3O2S. The average molecular weight is 269 g/mol. The van der Waals surface area contributed by atoms with E-state index >= 15 is 0 Å². The van der Waals surface area contributed by atoms with Crippen LogP contribution in [0.4, 0.5) is 0 Å². The van der Waals surface area contributed by atoms with Gasteiger partial charge in [-0.25, -0.2) is 4.98 Å². The summed E-state index contributed by atoms with van der Waals surface area (Å²) in [7, 11) is 1.56. The number of nitrogens with one attached hydrogen (secondary N) is 1. The van der Waals surface area contributed by atoms with Gasteiger partial charge < -0.3 is 15.8 Å². The number of carbonyl (C=O) groups excluding carboxylic acids is 1. The third-order valence-electron chi connectivity index (χ3n) is 2.44. The van der Waals surface area contributed by atoms with Gasteiger partial charge in [-0.1, -0.05) is 0 Å². The van der Waals surface area contributed by atoms with Crippen LogP contribution in [0.2, 0.25) is 0 Å². The lowest BCUT2D eigenvalue weighted by atomic mass is 10.2. The van der Waals surface area contributed by atoms with Crippen LogP contribution in [0.5, 0.6) is 5.88 Å². The molecule has 0 radical (unpaired) electrons. The van der Waals surface area contributed by atoms with E-state index in [-0.39, 0.29) is 5.91 Å². The number of nitrogens with zero attached hydrogens (tertiary/aromatic N) is 1. The van der Waals surface area contributed by atoms with Gasteiger partial charge >= 0.3 is 0 Å². The Kier molecular flexibility index (Phi) is 6.53. The molecule has 1 aromatic rings. The second-order valence-electron chi connectivity index (χ2n) is 3.81. The van der Waals surface area contributed by atoms with E-state index in [4.69, 9.17) is 10.5 Å². The van der Waals surface area contributed by atoms with Gasteiger partial charge in [-0.3, -0.25) is 4.79 Å². The number of amides is 1. The molecule has 1 heterocycles. The fourth-order valence-electron chi connectivity index (χ4n) is 1.37. The predicted molar refractivity (Wildman–Crippen MR) is 73.6 cm³/mol. The van der Waals surface area contributed by atoms with Crippen LogP contribution in [0.1, 0.15) is 12.0 Å². The van der Waals surface area contributed by atoms with Crippen molar-refractivity contribution in [3.05, 3.63) is 23.9 Å². The predicted octanol–water partition coefficient (Wildman–Crippen LogP) is 0.787. The minimum atomic E-state index is -0.443. The monoisotopic (exact) mass is 269 g/mol. The van der Waals surface area contributed by atoms with Crippen LogP contribution in [0, 0.1) is 0 Å². The summed E-state index contributed by atoms with van der Waals surface area (Å²) in [6, 6.07) is 3.17. The summed E-state index contributed by atoms with van der Waals surface area (Å²) in [6.07, 6.45) is 4.33. The highest BCUT2D eigenvalue weighted by Gasteiger charge is 2.12. The zero-order chi connectivity index (χ0) is 13.4. The van der Waals surface area contributed by atoms with Crippen molar-refractivity contribution < 1.29 is 9.53 Å². The van der Waals surface area contributed by atoms with E-state index in [9.17, 15) is 4.79 Å². The van der Waals surface area contributed by atoms with Crippen LogP contribution >= 0.6 is 11.8 Å². The number of thioether (sulfide) groups is 1. The molecule has 1 amide bonds. The van der Waals surface area contributed by atoms with Gasteiger partial charge in [0.15, 0.2) is 0 Å². The summed E-state index contributed by atoms with van der Waals surface area (Å²) in [5, 5.41) is 2.80. The summed E-state index contributed by atoms with van der Waals surface area (Å²) >= 11 is 1.68. The molecular weight excluding hydrogens is 250 g/mol. The number of pyridine rings is 1. The van der Waals surface area contributed by atoms with Gasteiger partial charge in [0.1, 0.15) is 0 Å². The molecule has 18 heavy (non-hydrogen) atoms. The lowest BCUT2D eigenvalue weighted by Crippen LogP contribution is -2.40. The molecule has 0 aromatic carbocycles. The number of methoxy groups -OCH3 is 1. The summed E-state index contributed by atoms with van der Waals surface area (Å²) in [4.78, 5) is 15.7. The Morgan fingerprint density at radius 1 is 1.67 bits per heavy atom. The van der Waals surface area contributed by atoms with E-state index in [0.717, 1.165) is 11.3 Å². The maximum absolute atomic E-state index is 11.7. The van der Waals surface area contributed by atoms with E-state index in [2.05, 4.69) is 10.3 Å². The minimum Gasteiger partial charge on any atom is -0.481 e. The Morgan fingerprint density at radius 2 is 2.44 bits per heavy atom. The number of aromatic nitrogens is 1. The molecule has 0 aliphatic carbocycles. The molecule has 100 valence electrons. The third kappa shape index (κ3) is 4.93. The number of rotatable bonds is 7. The second kappa shape index (κ2) is 7.94. The van der Waals surface area contributed by atoms with Crippen molar-refractivity contribution in [3.63, 3.8) is 0 Å². The van der Waals surface area contributed by atoms with Crippen molar-refractivity contribution in [2.45, 2.75) is 19.0 Å². The number of carbonyl (C=O) groups is 1. The first-order chi connectivity index (χ1) is 8.67. The molecule has 0 saturated carbocycles. The van der Waals surface area contributed by atoms with Crippen LogP contribution < -0.4 is 15.8 Å². The van der Waals surface area contributed by atoms with Crippen LogP contribution in [0.25, 0.3) is 0 Å². The molecule has 1 rings (SSSR count). The van der Waals surface area contributed by atoms with Gasteiger partial charge in [-0.2, -0.15) is 11.8 Å². The van der Waals surface area contributed by atoms with Crippen LogP contribution in [-0.4, -0.2) is 36.1 Å². The molecule has 5 nitrogen and oxygen atoms in total. The standard InChI is InChI=1S/C12H19N3O2S/c1-17-11-7-9(3-5-14-11)8-15-12(16)10(13)4-6-18-2/h3,5,7,10H,4,6,8,13H2,1-2H3,(H,15,16)/t10-/m1/s1. The van der Waals surface area contributed by atoms with Gasteiger partial charge in [0, 0.05) is 18.8 Å². The highest BCUT2D eigenvalue weighted by molar-refractivity contribution is 7.98. The van der Waals surface area contributed by atoms with Gasteiger partial charge in [-0.15, -0.1) is 0 Å². The van der Waals surface area contributed by atoms with E-state index in [1.165, 1.54) is 0 Å². The summed E-state index contributed by atoms with van der Waals surface area (Å²) < 4.78 is 5.01. The molecule has 1 aromatic heterocycles. The number of hydrogen-bond acceptors (Lipinski definition) is 5. The first-order valence-electron chi connectivity index (χ1n) is 5.68. The van der Waals surface area contributed by atoms with Crippen molar-refractivity contribution in [1.29, 1.82) is 0 Å². The molecule has 0 spiro atoms. The topological polar surface area (TPSA) is 77.2 Å². The van der Waals surface area contributed by atoms with Crippen molar-refractivity contribution in [2.24, 2.45) is 5.73 Å². The smallest absolute Gasteiger partial charge is 0.237 e. The summed E-state index contributed by atoms with van der Waals surface area (Å²) in [6.45, 7) is 0.435. The number of ether oxygens (including phenoxy) is 1. The van der Waals surface area contributed by atoms with Crippen LogP contribution in [-0.2, 0) is 11.3 Å². The third-order valence-corrected chi connectivity index (χ3v) is 3.09. The van der Waals surface area contributed by atoms with E-state index in [1.807, 2.05) is 12.3 Å². The fourth-order valence-corrected chi connectivity index (χ4v) is 1.86. The second-order valence-corrected chi connectivity index (χ2v) is 4.80. The quantitative estimate of drug-likeness (QED) is 0.765. The van der Waals surface area contributed by atoms with E-state index in [1.54, 1.807) is 31.1 Å². The molecule has 6 heteroatoms. The zero-order valence-electron chi connectivity index (χ0n) is 10.7. The summed E-state index contributed by atoms with van der Waals surface area (Å²) in [5.74, 6) is 1.30. The Labute approximate surface area is 111 Å². The lowest BCUT2D eigenvalue weighted by molar-refractivity contribution is -0.122. The Hall–Kier alpha value is -1.27. The van der Waals surface area contributed by atoms with Gasteiger partial charge in [0.2, 0.25) is 11.8 Å². The first-order valence-corrected chi connectivity index (χ1v) is 7.08. The molecule has 1 atom stereocenters. The largest absolute Gasteiger partial charge is 0.481 e. The zero-order valence-corrected chi connectivity index (χ0v) is 11.5. The molecule has 0 aliphatic rings. The van der Waals surface area contributed by atoms with Crippen LogP contribution in [0.15, 0.2) is 18.3 Å². The van der Waals surface area contributed by atoms with E-state index in [0.29, 0.717) is 18.8 Å². The highest BCUT2D eigenvalue weighted by Crippen LogP contribution is 2.08. The number of nitrogens with two attached hydrogens (primary N) is 1. The molecule has 0 unspecified atom stereocenters. The SMILES string of the molecule is COc1cc(CNC(=O)[C@H](N)CCSC)ccn1. The molecule has 0 saturated heterocycles. The van der Waals surface area contributed by atoms with E-state index < -0.39 is 6.04 Å². The van der Waals surface area contributed by atoms with Crippen molar-refractivity contribution >= 4 is 17.7 Å². The highest BCUT2D eigenvalue weighted by atomic mass is 32.2. The average Bonchev–Trinajstić information content (AvgIpc) is 2.42. The minimum absolute atomic E-state index is 0.125. The van der Waals surface area contributed by atoms with Crippen molar-refractivity contribution in [3.8, 4) is 5.88 Å². The first kappa shape index (κ1) is 14.8. The van der Waals surface area contributed by atoms with Crippen molar-refractivity contribution in [1.82, 2.24) is 10.3 Å². The van der Waals surface area contributed by atoms with Crippen molar-refractivity contribution in [2.75, 3.05) is 19.1 Å². The fraction of sp³-hybridized carbons (Fsp3) is 0.500. The summed E-state index contributed by atoms with van der Waals surface area (Å²) in [5.41, 5.74) is 6.70. The maximum Gasteiger partial charge on any atom is 0.237 e. The lowest BCUT2D eigenvalue weighted by Gasteiger charge is -2.11. The Balaban J connectivity index is 2.41. The maximum atomic E-state index is 11.7. The number of hydrogen-bond donors (Lipinski definition) is 2. The molecule has 3 N–H and O–H groups in total. The van der Waals surface area contributed by atoms with Crippen LogP contribution in [0.3, 0.4) is 0 Å². The molecule has 0 fully saturated rings. The molecule has 0 aliphatic heterocycles. The normalized spacial score (nSPS) is 11.9. The Bertz CT molecular complexity index is 387. The van der Waals surface area contributed by atoms with Gasteiger partial charge in [0.25, 0.3) is 0 Å². The van der Waals surface area contributed by atoms with Gasteiger partial charge in [0.05, 0.1) is 13.2 Å². The van der Waals surface area contributed by atoms with Gasteiger partial charge in [-0.05, 0) is 30.1 Å². The Morgan fingerprint density at radius 3 is 3.11 bits per heavy atom. The molecule has 0 bridgehead atoms.